The molecular weight excluding hydrogens is 216 g/mol. The van der Waals surface area contributed by atoms with Gasteiger partial charge in [-0.3, -0.25) is 11.3 Å². The Hall–Kier alpha value is -0.220. The van der Waals surface area contributed by atoms with Crippen LogP contribution in [0.3, 0.4) is 0 Å². The lowest BCUT2D eigenvalue weighted by Crippen LogP contribution is -2.28. The molecule has 0 saturated heterocycles. The van der Waals surface area contributed by atoms with Gasteiger partial charge < -0.3 is 0 Å². The van der Waals surface area contributed by atoms with Crippen molar-refractivity contribution >= 4 is 23.4 Å². The molecule has 0 radical (unpaired) electrons. The van der Waals surface area contributed by atoms with Crippen molar-refractivity contribution in [3.8, 4) is 0 Å². The lowest BCUT2D eigenvalue weighted by atomic mass is 10.1. The molecule has 0 heterocycles. The number of hydrogen-bond acceptors (Lipinski definition) is 3. The highest BCUT2D eigenvalue weighted by Gasteiger charge is 2.08. The molecule has 0 amide bonds. The molecule has 4 heteroatoms. The van der Waals surface area contributed by atoms with Crippen molar-refractivity contribution in [2.24, 2.45) is 5.84 Å². The second kappa shape index (κ2) is 6.30. The molecule has 1 atom stereocenters. The smallest absolute Gasteiger partial charge is 0.0467 e. The Kier molecular flexibility index (Phi) is 5.33. The van der Waals surface area contributed by atoms with E-state index >= 15 is 0 Å². The Morgan fingerprint density at radius 2 is 2.07 bits per heavy atom. The van der Waals surface area contributed by atoms with Gasteiger partial charge in [-0.25, -0.2) is 0 Å². The van der Waals surface area contributed by atoms with E-state index in [2.05, 4.69) is 11.7 Å². The summed E-state index contributed by atoms with van der Waals surface area (Å²) in [5.41, 5.74) is 4.00. The Labute approximate surface area is 94.2 Å². The van der Waals surface area contributed by atoms with Crippen LogP contribution in [0.2, 0.25) is 5.02 Å². The summed E-state index contributed by atoms with van der Waals surface area (Å²) in [5.74, 6) is 6.59. The number of benzene rings is 1. The summed E-state index contributed by atoms with van der Waals surface area (Å²) in [6, 6.07) is 8.01. The van der Waals surface area contributed by atoms with Crippen molar-refractivity contribution in [3.63, 3.8) is 0 Å². The maximum Gasteiger partial charge on any atom is 0.0467 e. The first-order valence-corrected chi connectivity index (χ1v) is 6.25. The Morgan fingerprint density at radius 3 is 2.57 bits per heavy atom. The number of nitrogens with one attached hydrogen (secondary N) is 1. The second-order valence-electron chi connectivity index (χ2n) is 3.05. The second-order valence-corrected chi connectivity index (χ2v) is 4.47. The zero-order chi connectivity index (χ0) is 10.4. The van der Waals surface area contributed by atoms with E-state index < -0.39 is 0 Å². The predicted molar refractivity (Wildman–Crippen MR) is 64.5 cm³/mol. The van der Waals surface area contributed by atoms with Crippen molar-refractivity contribution in [2.45, 2.75) is 12.5 Å². The Bertz CT molecular complexity index is 263. The molecule has 3 N–H and O–H groups in total. The molecule has 0 aliphatic heterocycles. The minimum absolute atomic E-state index is 0.222. The normalized spacial score (nSPS) is 12.8. The maximum atomic E-state index is 5.81. The molecule has 14 heavy (non-hydrogen) atoms. The summed E-state index contributed by atoms with van der Waals surface area (Å²) >= 11 is 7.63. The molecule has 0 aromatic heterocycles. The summed E-state index contributed by atoms with van der Waals surface area (Å²) < 4.78 is 0. The van der Waals surface area contributed by atoms with Crippen LogP contribution in [0.15, 0.2) is 24.3 Å². The Balaban J connectivity index is 2.64. The van der Waals surface area contributed by atoms with E-state index in [-0.39, 0.29) is 6.04 Å². The lowest BCUT2D eigenvalue weighted by molar-refractivity contribution is 0.543. The van der Waals surface area contributed by atoms with Crippen LogP contribution in [0.4, 0.5) is 0 Å². The van der Waals surface area contributed by atoms with E-state index in [0.717, 1.165) is 17.2 Å². The van der Waals surface area contributed by atoms with Gasteiger partial charge in [0, 0.05) is 11.1 Å². The highest BCUT2D eigenvalue weighted by Crippen LogP contribution is 2.19. The minimum atomic E-state index is 0.222. The number of halogens is 1. The summed E-state index contributed by atoms with van der Waals surface area (Å²) in [4.78, 5) is 0. The first-order chi connectivity index (χ1) is 6.77. The fourth-order valence-corrected chi connectivity index (χ4v) is 1.87. The van der Waals surface area contributed by atoms with Gasteiger partial charge in [0.1, 0.15) is 0 Å². The number of hydrogen-bond donors (Lipinski definition) is 2. The van der Waals surface area contributed by atoms with Crippen molar-refractivity contribution in [2.75, 3.05) is 12.0 Å². The van der Waals surface area contributed by atoms with E-state index in [1.165, 1.54) is 5.56 Å². The van der Waals surface area contributed by atoms with Crippen LogP contribution in [0.5, 0.6) is 0 Å². The van der Waals surface area contributed by atoms with Crippen LogP contribution in [0.25, 0.3) is 0 Å². The highest BCUT2D eigenvalue weighted by atomic mass is 35.5. The van der Waals surface area contributed by atoms with Crippen LogP contribution < -0.4 is 11.3 Å². The average molecular weight is 231 g/mol. The molecule has 0 spiro atoms. The van der Waals surface area contributed by atoms with Crippen LogP contribution in [-0.4, -0.2) is 12.0 Å². The first kappa shape index (κ1) is 11.9. The Morgan fingerprint density at radius 1 is 1.43 bits per heavy atom. The topological polar surface area (TPSA) is 38.0 Å². The van der Waals surface area contributed by atoms with E-state index in [1.54, 1.807) is 0 Å². The van der Waals surface area contributed by atoms with Gasteiger partial charge in [-0.15, -0.1) is 0 Å². The molecule has 0 fully saturated rings. The standard InChI is InChI=1S/C10H15ClN2S/c1-14-7-6-10(13-12)8-2-4-9(11)5-3-8/h2-5,10,13H,6-7,12H2,1H3. The molecule has 0 aliphatic carbocycles. The van der Waals surface area contributed by atoms with Gasteiger partial charge in [-0.2, -0.15) is 11.8 Å². The van der Waals surface area contributed by atoms with Gasteiger partial charge in [-0.05, 0) is 36.1 Å². The summed E-state index contributed by atoms with van der Waals surface area (Å²) in [5, 5.41) is 0.759. The van der Waals surface area contributed by atoms with Crippen molar-refractivity contribution in [3.05, 3.63) is 34.9 Å². The van der Waals surface area contributed by atoms with Crippen molar-refractivity contribution in [1.29, 1.82) is 0 Å². The quantitative estimate of drug-likeness (QED) is 0.603. The fourth-order valence-electron chi connectivity index (χ4n) is 1.28. The third kappa shape index (κ3) is 3.50. The molecule has 0 bridgehead atoms. The van der Waals surface area contributed by atoms with E-state index in [9.17, 15) is 0 Å². The number of thioether (sulfide) groups is 1. The molecule has 1 aromatic rings. The summed E-state index contributed by atoms with van der Waals surface area (Å²) in [6.07, 6.45) is 3.12. The van der Waals surface area contributed by atoms with Gasteiger partial charge >= 0.3 is 0 Å². The zero-order valence-corrected chi connectivity index (χ0v) is 9.74. The predicted octanol–water partition coefficient (Wildman–Crippen LogP) is 2.60. The van der Waals surface area contributed by atoms with Crippen molar-refractivity contribution in [1.82, 2.24) is 5.43 Å². The highest BCUT2D eigenvalue weighted by molar-refractivity contribution is 7.98. The summed E-state index contributed by atoms with van der Waals surface area (Å²) in [6.45, 7) is 0. The molecule has 1 rings (SSSR count). The molecule has 1 aromatic carbocycles. The third-order valence-corrected chi connectivity index (χ3v) is 2.98. The van der Waals surface area contributed by atoms with Gasteiger partial charge in [0.2, 0.25) is 0 Å². The van der Waals surface area contributed by atoms with E-state index in [4.69, 9.17) is 17.4 Å². The molecule has 0 aliphatic rings. The molecule has 78 valence electrons. The molecular formula is C10H15ClN2S. The van der Waals surface area contributed by atoms with Crippen LogP contribution in [0, 0.1) is 0 Å². The van der Waals surface area contributed by atoms with Crippen LogP contribution in [0.1, 0.15) is 18.0 Å². The molecule has 2 nitrogen and oxygen atoms in total. The third-order valence-electron chi connectivity index (χ3n) is 2.08. The molecule has 0 saturated carbocycles. The van der Waals surface area contributed by atoms with Gasteiger partial charge in [0.05, 0.1) is 0 Å². The van der Waals surface area contributed by atoms with Crippen molar-refractivity contribution < 1.29 is 0 Å². The van der Waals surface area contributed by atoms with Gasteiger partial charge in [0.15, 0.2) is 0 Å². The average Bonchev–Trinajstić information content (AvgIpc) is 2.21. The van der Waals surface area contributed by atoms with E-state index in [0.29, 0.717) is 0 Å². The maximum absolute atomic E-state index is 5.81. The van der Waals surface area contributed by atoms with Crippen LogP contribution in [-0.2, 0) is 0 Å². The monoisotopic (exact) mass is 230 g/mol. The number of hydrazine groups is 1. The number of rotatable bonds is 5. The molecule has 1 unspecified atom stereocenters. The lowest BCUT2D eigenvalue weighted by Gasteiger charge is -2.15. The zero-order valence-electron chi connectivity index (χ0n) is 8.16. The van der Waals surface area contributed by atoms with Gasteiger partial charge in [-0.1, -0.05) is 23.7 Å². The largest absolute Gasteiger partial charge is 0.271 e. The van der Waals surface area contributed by atoms with Gasteiger partial charge in [0.25, 0.3) is 0 Å². The van der Waals surface area contributed by atoms with E-state index in [1.807, 2.05) is 36.0 Å². The fraction of sp³-hybridized carbons (Fsp3) is 0.400. The SMILES string of the molecule is CSCCC(NN)c1ccc(Cl)cc1. The number of nitrogens with two attached hydrogens (primary N) is 1. The summed E-state index contributed by atoms with van der Waals surface area (Å²) in [7, 11) is 0. The first-order valence-electron chi connectivity index (χ1n) is 4.48. The van der Waals surface area contributed by atoms with Crippen LogP contribution >= 0.6 is 23.4 Å². The minimum Gasteiger partial charge on any atom is -0.271 e.